The van der Waals surface area contributed by atoms with E-state index in [0.717, 1.165) is 30.8 Å². The minimum atomic E-state index is -3.58. The number of nitrogens with zero attached hydrogens (tertiary/aromatic N) is 2. The Morgan fingerprint density at radius 3 is 2.44 bits per heavy atom. The van der Waals surface area contributed by atoms with E-state index < -0.39 is 10.0 Å². The monoisotopic (exact) mass is 384 g/mol. The average Bonchev–Trinajstić information content (AvgIpc) is 2.95. The van der Waals surface area contributed by atoms with Crippen LogP contribution in [0.25, 0.3) is 0 Å². The van der Waals surface area contributed by atoms with E-state index in [0.29, 0.717) is 10.8 Å². The molecule has 0 aromatic heterocycles. The first-order valence-corrected chi connectivity index (χ1v) is 11.2. The molecule has 2 aromatic rings. The van der Waals surface area contributed by atoms with Crippen LogP contribution in [0, 0.1) is 6.92 Å². The summed E-state index contributed by atoms with van der Waals surface area (Å²) in [5, 5.41) is 0. The number of hydrogen-bond donors (Lipinski definition) is 0. The fourth-order valence-corrected chi connectivity index (χ4v) is 6.23. The van der Waals surface area contributed by atoms with Gasteiger partial charge in [0.25, 0.3) is 10.0 Å². The molecule has 2 aromatic carbocycles. The first kappa shape index (κ1) is 18.5. The SMILES string of the molecule is Cc1ccc2c(c1)[C@@H]1CN(C)CC[C@H]1N2S(=O)(=O)c1ccc(C(C)C)cc1. The Morgan fingerprint density at radius 2 is 1.78 bits per heavy atom. The van der Waals surface area contributed by atoms with Crippen LogP contribution in [0.5, 0.6) is 0 Å². The number of rotatable bonds is 3. The molecule has 1 fully saturated rings. The standard InChI is InChI=1S/C22H28N2O2S/c1-15(2)17-6-8-18(9-7-17)27(25,26)24-21-10-5-16(3)13-19(21)20-14-23(4)12-11-22(20)24/h5-10,13,15,20,22H,11-12,14H2,1-4H3/t20-,22+/m0/s1. The van der Waals surface area contributed by atoms with Crippen LogP contribution in [0.1, 0.15) is 48.8 Å². The van der Waals surface area contributed by atoms with E-state index in [1.54, 1.807) is 16.4 Å². The largest absolute Gasteiger partial charge is 0.306 e. The molecule has 5 heteroatoms. The summed E-state index contributed by atoms with van der Waals surface area (Å²) >= 11 is 0. The maximum Gasteiger partial charge on any atom is 0.264 e. The number of fused-ring (bicyclic) bond motifs is 3. The maximum absolute atomic E-state index is 13.6. The summed E-state index contributed by atoms with van der Waals surface area (Å²) in [5.74, 6) is 0.624. The van der Waals surface area contributed by atoms with Gasteiger partial charge >= 0.3 is 0 Å². The number of sulfonamides is 1. The number of hydrogen-bond acceptors (Lipinski definition) is 3. The van der Waals surface area contributed by atoms with Crippen LogP contribution in [0.2, 0.25) is 0 Å². The van der Waals surface area contributed by atoms with Gasteiger partial charge in [0.2, 0.25) is 0 Å². The van der Waals surface area contributed by atoms with Crippen molar-refractivity contribution < 1.29 is 8.42 Å². The molecule has 0 amide bonds. The number of aryl methyl sites for hydroxylation is 1. The lowest BCUT2D eigenvalue weighted by Crippen LogP contribution is -2.47. The van der Waals surface area contributed by atoms with Gasteiger partial charge in [0, 0.05) is 12.5 Å². The highest BCUT2D eigenvalue weighted by Crippen LogP contribution is 2.47. The number of likely N-dealkylation sites (tertiary alicyclic amines) is 1. The molecule has 2 aliphatic rings. The molecule has 0 radical (unpaired) electrons. The van der Waals surface area contributed by atoms with E-state index in [-0.39, 0.29) is 12.0 Å². The smallest absolute Gasteiger partial charge is 0.264 e. The fourth-order valence-electron chi connectivity index (χ4n) is 4.49. The Kier molecular flexibility index (Phi) is 4.55. The minimum Gasteiger partial charge on any atom is -0.306 e. The number of likely N-dealkylation sites (N-methyl/N-ethyl adjacent to an activating group) is 1. The Hall–Kier alpha value is -1.85. The van der Waals surface area contributed by atoms with Crippen molar-refractivity contribution in [3.8, 4) is 0 Å². The number of benzene rings is 2. The molecule has 2 atom stereocenters. The van der Waals surface area contributed by atoms with E-state index in [2.05, 4.69) is 38.8 Å². The molecule has 144 valence electrons. The first-order valence-electron chi connectivity index (χ1n) is 9.72. The minimum absolute atomic E-state index is 0.00720. The van der Waals surface area contributed by atoms with Gasteiger partial charge in [0.05, 0.1) is 16.6 Å². The quantitative estimate of drug-likeness (QED) is 0.799. The van der Waals surface area contributed by atoms with Crippen molar-refractivity contribution in [3.63, 3.8) is 0 Å². The van der Waals surface area contributed by atoms with Crippen molar-refractivity contribution in [1.29, 1.82) is 0 Å². The molecular formula is C22H28N2O2S. The lowest BCUT2D eigenvalue weighted by Gasteiger charge is -2.36. The number of anilines is 1. The molecule has 0 spiro atoms. The van der Waals surface area contributed by atoms with Crippen molar-refractivity contribution in [3.05, 3.63) is 59.2 Å². The van der Waals surface area contributed by atoms with Crippen LogP contribution in [0.3, 0.4) is 0 Å². The van der Waals surface area contributed by atoms with Gasteiger partial charge in [-0.3, -0.25) is 4.31 Å². The molecule has 2 heterocycles. The predicted molar refractivity (Wildman–Crippen MR) is 110 cm³/mol. The lowest BCUT2D eigenvalue weighted by molar-refractivity contribution is 0.237. The third-order valence-electron chi connectivity index (χ3n) is 6.00. The van der Waals surface area contributed by atoms with Gasteiger partial charge in [0.1, 0.15) is 0 Å². The Bertz CT molecular complexity index is 951. The summed E-state index contributed by atoms with van der Waals surface area (Å²) in [4.78, 5) is 2.69. The highest BCUT2D eigenvalue weighted by Gasteiger charge is 2.46. The Labute approximate surface area is 162 Å². The molecule has 0 unspecified atom stereocenters. The van der Waals surface area contributed by atoms with Crippen molar-refractivity contribution >= 4 is 15.7 Å². The molecule has 4 rings (SSSR count). The summed E-state index contributed by atoms with van der Waals surface area (Å²) in [6.07, 6.45) is 0.859. The highest BCUT2D eigenvalue weighted by molar-refractivity contribution is 7.92. The second-order valence-electron chi connectivity index (χ2n) is 8.31. The van der Waals surface area contributed by atoms with Gasteiger partial charge in [0.15, 0.2) is 0 Å². The fraction of sp³-hybridized carbons (Fsp3) is 0.455. The molecule has 2 aliphatic heterocycles. The molecule has 4 nitrogen and oxygen atoms in total. The number of piperidine rings is 1. The average molecular weight is 385 g/mol. The topological polar surface area (TPSA) is 40.6 Å². The summed E-state index contributed by atoms with van der Waals surface area (Å²) in [6.45, 7) is 8.13. The van der Waals surface area contributed by atoms with Gasteiger partial charge < -0.3 is 4.90 Å². The molecule has 1 saturated heterocycles. The van der Waals surface area contributed by atoms with Gasteiger partial charge in [-0.25, -0.2) is 8.42 Å². The van der Waals surface area contributed by atoms with Crippen LogP contribution in [-0.2, 0) is 10.0 Å². The maximum atomic E-state index is 13.6. The summed E-state index contributed by atoms with van der Waals surface area (Å²) in [7, 11) is -1.46. The molecule has 0 bridgehead atoms. The molecule has 0 saturated carbocycles. The van der Waals surface area contributed by atoms with Crippen molar-refractivity contribution in [2.45, 2.75) is 50.0 Å². The molecule has 0 N–H and O–H groups in total. The van der Waals surface area contributed by atoms with Gasteiger partial charge in [-0.1, -0.05) is 43.7 Å². The molecular weight excluding hydrogens is 356 g/mol. The third-order valence-corrected chi connectivity index (χ3v) is 7.86. The summed E-state index contributed by atoms with van der Waals surface area (Å²) in [5.41, 5.74) is 4.37. The second-order valence-corrected chi connectivity index (χ2v) is 10.1. The van der Waals surface area contributed by atoms with E-state index in [9.17, 15) is 8.42 Å². The third kappa shape index (κ3) is 3.07. The Balaban J connectivity index is 1.80. The van der Waals surface area contributed by atoms with E-state index in [4.69, 9.17) is 0 Å². The van der Waals surface area contributed by atoms with Crippen LogP contribution < -0.4 is 4.31 Å². The Morgan fingerprint density at radius 1 is 1.07 bits per heavy atom. The van der Waals surface area contributed by atoms with Crippen LogP contribution in [0.4, 0.5) is 5.69 Å². The van der Waals surface area contributed by atoms with Crippen molar-refractivity contribution in [2.24, 2.45) is 0 Å². The second kappa shape index (κ2) is 6.64. The van der Waals surface area contributed by atoms with Gasteiger partial charge in [-0.2, -0.15) is 0 Å². The predicted octanol–water partition coefficient (Wildman–Crippen LogP) is 4.12. The lowest BCUT2D eigenvalue weighted by atomic mass is 9.89. The van der Waals surface area contributed by atoms with Gasteiger partial charge in [-0.05, 0) is 62.2 Å². The van der Waals surface area contributed by atoms with E-state index in [1.807, 2.05) is 24.3 Å². The van der Waals surface area contributed by atoms with Crippen LogP contribution in [-0.4, -0.2) is 39.5 Å². The normalized spacial score (nSPS) is 22.8. The van der Waals surface area contributed by atoms with Crippen molar-refractivity contribution in [1.82, 2.24) is 4.90 Å². The summed E-state index contributed by atoms with van der Waals surface area (Å²) < 4.78 is 28.9. The van der Waals surface area contributed by atoms with Crippen molar-refractivity contribution in [2.75, 3.05) is 24.4 Å². The summed E-state index contributed by atoms with van der Waals surface area (Å²) in [6, 6.07) is 13.6. The van der Waals surface area contributed by atoms with E-state index >= 15 is 0 Å². The zero-order valence-electron chi connectivity index (χ0n) is 16.5. The highest BCUT2D eigenvalue weighted by atomic mass is 32.2. The zero-order chi connectivity index (χ0) is 19.3. The first-order chi connectivity index (χ1) is 12.8. The molecule has 0 aliphatic carbocycles. The van der Waals surface area contributed by atoms with Crippen LogP contribution >= 0.6 is 0 Å². The zero-order valence-corrected chi connectivity index (χ0v) is 17.3. The molecule has 27 heavy (non-hydrogen) atoms. The van der Waals surface area contributed by atoms with Gasteiger partial charge in [-0.15, -0.1) is 0 Å². The van der Waals surface area contributed by atoms with E-state index in [1.165, 1.54) is 11.1 Å². The van der Waals surface area contributed by atoms with Crippen LogP contribution in [0.15, 0.2) is 47.4 Å².